The van der Waals surface area contributed by atoms with E-state index in [-0.39, 0.29) is 36.1 Å². The van der Waals surface area contributed by atoms with Gasteiger partial charge in [-0.05, 0) is 17.7 Å². The van der Waals surface area contributed by atoms with Crippen LogP contribution < -0.4 is 5.32 Å². The topological polar surface area (TPSA) is 64.6 Å². The average Bonchev–Trinajstić information content (AvgIpc) is 2.79. The Bertz CT molecular complexity index is 650. The van der Waals surface area contributed by atoms with Crippen LogP contribution in [-0.4, -0.2) is 37.1 Å². The first-order chi connectivity index (χ1) is 10.4. The summed E-state index contributed by atoms with van der Waals surface area (Å²) in [6.07, 6.45) is -2.03. The fourth-order valence-corrected chi connectivity index (χ4v) is 2.64. The number of hydrogen-bond acceptors (Lipinski definition) is 4. The van der Waals surface area contributed by atoms with E-state index in [1.165, 1.54) is 12.1 Å². The molecule has 1 aromatic rings. The van der Waals surface area contributed by atoms with Gasteiger partial charge in [-0.3, -0.25) is 4.79 Å². The molecule has 1 N–H and O–H groups in total. The molecule has 0 aromatic heterocycles. The van der Waals surface area contributed by atoms with Crippen molar-refractivity contribution in [3.8, 4) is 0 Å². The van der Waals surface area contributed by atoms with Gasteiger partial charge >= 0.3 is 5.97 Å². The van der Waals surface area contributed by atoms with Gasteiger partial charge < -0.3 is 14.8 Å². The molecule has 1 unspecified atom stereocenters. The summed E-state index contributed by atoms with van der Waals surface area (Å²) in [7, 11) is 0. The number of esters is 1. The summed E-state index contributed by atoms with van der Waals surface area (Å²) in [4.78, 5) is 23.4. The Balaban J connectivity index is 1.81. The highest BCUT2D eigenvalue weighted by molar-refractivity contribution is 6.34. The summed E-state index contributed by atoms with van der Waals surface area (Å²) in [6.45, 7) is -0.435. The normalized spacial score (nSPS) is 22.9. The number of alkyl halides is 2. The quantitative estimate of drug-likeness (QED) is 0.845. The molecule has 1 aromatic carbocycles. The van der Waals surface area contributed by atoms with Gasteiger partial charge in [0.2, 0.25) is 5.91 Å². The van der Waals surface area contributed by atoms with Gasteiger partial charge in [0.15, 0.2) is 6.10 Å². The van der Waals surface area contributed by atoms with Gasteiger partial charge in [-0.1, -0.05) is 11.6 Å². The van der Waals surface area contributed by atoms with E-state index in [1.807, 2.05) is 0 Å². The van der Waals surface area contributed by atoms with Crippen molar-refractivity contribution in [1.82, 2.24) is 0 Å². The predicted octanol–water partition coefficient (Wildman–Crippen LogP) is 2.42. The highest BCUT2D eigenvalue weighted by Crippen LogP contribution is 2.33. The second-order valence-corrected chi connectivity index (χ2v) is 5.60. The molecular formula is C14H12ClF2NO4. The summed E-state index contributed by atoms with van der Waals surface area (Å²) in [5, 5.41) is 2.62. The van der Waals surface area contributed by atoms with E-state index in [2.05, 4.69) is 5.32 Å². The molecule has 2 aliphatic heterocycles. The molecule has 1 amide bonds. The molecule has 2 heterocycles. The molecule has 1 saturated heterocycles. The largest absolute Gasteiger partial charge is 0.450 e. The maximum absolute atomic E-state index is 13.7. The first-order valence-corrected chi connectivity index (χ1v) is 7.03. The Labute approximate surface area is 129 Å². The predicted molar refractivity (Wildman–Crippen MR) is 73.4 cm³/mol. The Kier molecular flexibility index (Phi) is 3.78. The van der Waals surface area contributed by atoms with Crippen molar-refractivity contribution in [1.29, 1.82) is 0 Å². The standard InChI is InChI=1S/C14H12ClF2NO4/c15-9-5-10-7(4-12(19)18-10)3-8(9)13(20)22-11-6-21-2-1-14(11,16)17/h3,5,11H,1-2,4,6H2,(H,18,19). The van der Waals surface area contributed by atoms with Crippen LogP contribution >= 0.6 is 11.6 Å². The van der Waals surface area contributed by atoms with E-state index in [0.29, 0.717) is 11.3 Å². The summed E-state index contributed by atoms with van der Waals surface area (Å²) < 4.78 is 37.1. The van der Waals surface area contributed by atoms with Gasteiger partial charge in [-0.2, -0.15) is 0 Å². The molecule has 0 spiro atoms. The average molecular weight is 332 g/mol. The van der Waals surface area contributed by atoms with Gasteiger partial charge in [0, 0.05) is 12.1 Å². The van der Waals surface area contributed by atoms with Crippen LogP contribution in [0, 0.1) is 0 Å². The lowest BCUT2D eigenvalue weighted by molar-refractivity contribution is -0.179. The number of anilines is 1. The van der Waals surface area contributed by atoms with E-state index in [9.17, 15) is 18.4 Å². The van der Waals surface area contributed by atoms with Crippen molar-refractivity contribution in [3.05, 3.63) is 28.3 Å². The van der Waals surface area contributed by atoms with Crippen LogP contribution in [0.3, 0.4) is 0 Å². The van der Waals surface area contributed by atoms with Crippen LogP contribution in [0.5, 0.6) is 0 Å². The van der Waals surface area contributed by atoms with Gasteiger partial charge in [-0.15, -0.1) is 0 Å². The zero-order chi connectivity index (χ0) is 15.9. The molecule has 5 nitrogen and oxygen atoms in total. The van der Waals surface area contributed by atoms with Crippen molar-refractivity contribution < 1.29 is 27.8 Å². The number of hydrogen-bond donors (Lipinski definition) is 1. The number of nitrogens with one attached hydrogen (secondary N) is 1. The first-order valence-electron chi connectivity index (χ1n) is 6.65. The fourth-order valence-electron chi connectivity index (χ4n) is 2.40. The lowest BCUT2D eigenvalue weighted by atomic mass is 10.1. The number of carbonyl (C=O) groups is 2. The summed E-state index contributed by atoms with van der Waals surface area (Å²) in [6, 6.07) is 2.80. The SMILES string of the molecule is O=C1Cc2cc(C(=O)OC3COCCC3(F)F)c(Cl)cc2N1. The van der Waals surface area contributed by atoms with Crippen LogP contribution in [0.4, 0.5) is 14.5 Å². The highest BCUT2D eigenvalue weighted by atomic mass is 35.5. The number of carbonyl (C=O) groups excluding carboxylic acids is 2. The molecule has 3 rings (SSSR count). The number of fused-ring (bicyclic) bond motifs is 1. The Morgan fingerprint density at radius 1 is 1.45 bits per heavy atom. The maximum Gasteiger partial charge on any atom is 0.340 e. The number of halogens is 3. The van der Waals surface area contributed by atoms with Crippen molar-refractivity contribution in [2.24, 2.45) is 0 Å². The van der Waals surface area contributed by atoms with Crippen molar-refractivity contribution in [2.75, 3.05) is 18.5 Å². The smallest absolute Gasteiger partial charge is 0.340 e. The molecule has 22 heavy (non-hydrogen) atoms. The fraction of sp³-hybridized carbons (Fsp3) is 0.429. The third-order valence-corrected chi connectivity index (χ3v) is 3.92. The second kappa shape index (κ2) is 5.48. The molecule has 1 fully saturated rings. The zero-order valence-electron chi connectivity index (χ0n) is 11.3. The Morgan fingerprint density at radius 3 is 2.95 bits per heavy atom. The lowest BCUT2D eigenvalue weighted by Gasteiger charge is -2.30. The van der Waals surface area contributed by atoms with E-state index < -0.39 is 24.4 Å². The van der Waals surface area contributed by atoms with Crippen molar-refractivity contribution in [3.63, 3.8) is 0 Å². The van der Waals surface area contributed by atoms with Gasteiger partial charge in [0.05, 0.1) is 30.2 Å². The highest BCUT2D eigenvalue weighted by Gasteiger charge is 2.45. The molecule has 1 atom stereocenters. The van der Waals surface area contributed by atoms with Gasteiger partial charge in [0.1, 0.15) is 0 Å². The number of ether oxygens (including phenoxy) is 2. The second-order valence-electron chi connectivity index (χ2n) is 5.19. The molecule has 0 bridgehead atoms. The van der Waals surface area contributed by atoms with Crippen LogP contribution in [0.15, 0.2) is 12.1 Å². The van der Waals surface area contributed by atoms with E-state index in [4.69, 9.17) is 21.1 Å². The van der Waals surface area contributed by atoms with Crippen LogP contribution in [0.2, 0.25) is 5.02 Å². The van der Waals surface area contributed by atoms with E-state index in [1.54, 1.807) is 0 Å². The first kappa shape index (κ1) is 15.2. The third kappa shape index (κ3) is 2.78. The molecule has 118 valence electrons. The number of rotatable bonds is 2. The number of benzene rings is 1. The lowest BCUT2D eigenvalue weighted by Crippen LogP contribution is -2.45. The van der Waals surface area contributed by atoms with Crippen LogP contribution in [0.25, 0.3) is 0 Å². The number of amides is 1. The Morgan fingerprint density at radius 2 is 2.23 bits per heavy atom. The van der Waals surface area contributed by atoms with Crippen molar-refractivity contribution >= 4 is 29.2 Å². The minimum absolute atomic E-state index is 0.0333. The molecule has 8 heteroatoms. The molecule has 0 aliphatic carbocycles. The minimum atomic E-state index is -3.13. The van der Waals surface area contributed by atoms with Crippen LogP contribution in [-0.2, 0) is 20.7 Å². The van der Waals surface area contributed by atoms with Crippen molar-refractivity contribution in [2.45, 2.75) is 24.9 Å². The molecule has 2 aliphatic rings. The van der Waals surface area contributed by atoms with E-state index >= 15 is 0 Å². The monoisotopic (exact) mass is 331 g/mol. The van der Waals surface area contributed by atoms with Gasteiger partial charge in [-0.25, -0.2) is 13.6 Å². The van der Waals surface area contributed by atoms with Crippen LogP contribution in [0.1, 0.15) is 22.3 Å². The van der Waals surface area contributed by atoms with Gasteiger partial charge in [0.25, 0.3) is 5.92 Å². The summed E-state index contributed by atoms with van der Waals surface area (Å²) in [5.41, 5.74) is 1.05. The summed E-state index contributed by atoms with van der Waals surface area (Å²) in [5.74, 6) is -4.31. The maximum atomic E-state index is 13.7. The molecular weight excluding hydrogens is 320 g/mol. The molecule has 0 radical (unpaired) electrons. The summed E-state index contributed by atoms with van der Waals surface area (Å²) >= 11 is 5.97. The zero-order valence-corrected chi connectivity index (χ0v) is 12.1. The minimum Gasteiger partial charge on any atom is -0.450 e. The third-order valence-electron chi connectivity index (χ3n) is 3.61. The Hall–Kier alpha value is -1.73. The molecule has 0 saturated carbocycles. The van der Waals surface area contributed by atoms with E-state index in [0.717, 1.165) is 0 Å².